The van der Waals surface area contributed by atoms with Crippen molar-refractivity contribution in [1.82, 2.24) is 9.80 Å². The number of hydrogen-bond donors (Lipinski definition) is 0. The molecule has 0 radical (unpaired) electrons. The van der Waals surface area contributed by atoms with Gasteiger partial charge in [-0.2, -0.15) is 0 Å². The molecule has 98 valence electrons. The number of nitrogens with zero attached hydrogens (tertiary/aromatic N) is 2. The molecule has 0 aromatic rings. The maximum absolute atomic E-state index is 12.2. The van der Waals surface area contributed by atoms with Crippen LogP contribution in [-0.4, -0.2) is 67.0 Å². The third-order valence-corrected chi connectivity index (χ3v) is 3.80. The van der Waals surface area contributed by atoms with Crippen LogP contribution in [0.25, 0.3) is 0 Å². The third-order valence-electron chi connectivity index (χ3n) is 3.63. The molecular formula is C12H21ClN2O2. The average molecular weight is 261 g/mol. The molecule has 2 unspecified atom stereocenters. The van der Waals surface area contributed by atoms with Crippen molar-refractivity contribution in [2.75, 3.05) is 45.2 Å². The van der Waals surface area contributed by atoms with E-state index in [9.17, 15) is 4.79 Å². The van der Waals surface area contributed by atoms with Gasteiger partial charge in [0.15, 0.2) is 0 Å². The standard InChI is InChI=1S/C12H21ClN2O2/c1-10-8-11(9-17-10)12(16)15-6-4-14(3-2-13)5-7-15/h10-11H,2-9H2,1H3. The smallest absolute Gasteiger partial charge is 0.228 e. The van der Waals surface area contributed by atoms with E-state index >= 15 is 0 Å². The minimum Gasteiger partial charge on any atom is -0.378 e. The highest BCUT2D eigenvalue weighted by Gasteiger charge is 2.32. The fraction of sp³-hybridized carbons (Fsp3) is 0.917. The van der Waals surface area contributed by atoms with Crippen LogP contribution in [0.15, 0.2) is 0 Å². The first kappa shape index (κ1) is 13.1. The van der Waals surface area contributed by atoms with E-state index in [0.717, 1.165) is 39.1 Å². The van der Waals surface area contributed by atoms with Crippen molar-refractivity contribution in [1.29, 1.82) is 0 Å². The lowest BCUT2D eigenvalue weighted by molar-refractivity contribution is -0.137. The first-order valence-corrected chi connectivity index (χ1v) is 6.93. The van der Waals surface area contributed by atoms with Crippen molar-refractivity contribution in [3.05, 3.63) is 0 Å². The molecule has 2 aliphatic heterocycles. The summed E-state index contributed by atoms with van der Waals surface area (Å²) in [7, 11) is 0. The van der Waals surface area contributed by atoms with Gasteiger partial charge in [0.2, 0.25) is 5.91 Å². The SMILES string of the molecule is CC1CC(C(=O)N2CCN(CCCl)CC2)CO1. The van der Waals surface area contributed by atoms with E-state index < -0.39 is 0 Å². The lowest BCUT2D eigenvalue weighted by atomic mass is 10.0. The van der Waals surface area contributed by atoms with Gasteiger partial charge in [-0.1, -0.05) is 0 Å². The number of halogens is 1. The second-order valence-corrected chi connectivity index (χ2v) is 5.31. The van der Waals surface area contributed by atoms with Crippen LogP contribution in [0.4, 0.5) is 0 Å². The summed E-state index contributed by atoms with van der Waals surface area (Å²) in [6, 6.07) is 0. The molecule has 0 N–H and O–H groups in total. The number of carbonyl (C=O) groups is 1. The minimum absolute atomic E-state index is 0.0876. The molecule has 2 rings (SSSR count). The van der Waals surface area contributed by atoms with Gasteiger partial charge in [0.05, 0.1) is 18.6 Å². The molecule has 0 bridgehead atoms. The first-order chi connectivity index (χ1) is 8.20. The molecule has 2 saturated heterocycles. The monoisotopic (exact) mass is 260 g/mol. The van der Waals surface area contributed by atoms with Gasteiger partial charge in [-0.3, -0.25) is 9.69 Å². The Morgan fingerprint density at radius 1 is 1.35 bits per heavy atom. The van der Waals surface area contributed by atoms with Crippen molar-refractivity contribution in [2.45, 2.75) is 19.4 Å². The predicted molar refractivity (Wildman–Crippen MR) is 67.3 cm³/mol. The number of piperazine rings is 1. The highest BCUT2D eigenvalue weighted by Crippen LogP contribution is 2.21. The molecule has 0 aromatic carbocycles. The molecule has 2 heterocycles. The lowest BCUT2D eigenvalue weighted by Gasteiger charge is -2.35. The number of hydrogen-bond acceptors (Lipinski definition) is 3. The molecule has 0 aliphatic carbocycles. The van der Waals surface area contributed by atoms with Crippen LogP contribution < -0.4 is 0 Å². The normalized spacial score (nSPS) is 30.8. The molecule has 2 aliphatic rings. The maximum atomic E-state index is 12.2. The summed E-state index contributed by atoms with van der Waals surface area (Å²) >= 11 is 5.71. The highest BCUT2D eigenvalue weighted by molar-refractivity contribution is 6.18. The second-order valence-electron chi connectivity index (χ2n) is 4.93. The zero-order valence-electron chi connectivity index (χ0n) is 10.4. The molecule has 2 atom stereocenters. The third kappa shape index (κ3) is 3.33. The number of carbonyl (C=O) groups excluding carboxylic acids is 1. The molecule has 0 aromatic heterocycles. The lowest BCUT2D eigenvalue weighted by Crippen LogP contribution is -2.50. The zero-order valence-corrected chi connectivity index (χ0v) is 11.2. The molecule has 0 saturated carbocycles. The van der Waals surface area contributed by atoms with E-state index in [1.165, 1.54) is 0 Å². The van der Waals surface area contributed by atoms with E-state index in [4.69, 9.17) is 16.3 Å². The van der Waals surface area contributed by atoms with Crippen molar-refractivity contribution in [3.63, 3.8) is 0 Å². The predicted octanol–water partition coefficient (Wildman–Crippen LogP) is 0.794. The molecule has 5 heteroatoms. The van der Waals surface area contributed by atoms with Gasteiger partial charge < -0.3 is 9.64 Å². The number of alkyl halides is 1. The average Bonchev–Trinajstić information content (AvgIpc) is 2.76. The van der Waals surface area contributed by atoms with Gasteiger partial charge in [0.25, 0.3) is 0 Å². The van der Waals surface area contributed by atoms with Crippen LogP contribution in [0, 0.1) is 5.92 Å². The van der Waals surface area contributed by atoms with Gasteiger partial charge in [-0.05, 0) is 13.3 Å². The summed E-state index contributed by atoms with van der Waals surface area (Å²) in [5.41, 5.74) is 0. The van der Waals surface area contributed by atoms with Crippen molar-refractivity contribution in [3.8, 4) is 0 Å². The Balaban J connectivity index is 1.78. The quantitative estimate of drug-likeness (QED) is 0.704. The Hall–Kier alpha value is -0.320. The van der Waals surface area contributed by atoms with Crippen molar-refractivity contribution in [2.24, 2.45) is 5.92 Å². The summed E-state index contributed by atoms with van der Waals surface area (Å²) < 4.78 is 5.46. The second kappa shape index (κ2) is 6.03. The number of ether oxygens (including phenoxy) is 1. The number of amides is 1. The van der Waals surface area contributed by atoms with Gasteiger partial charge in [0, 0.05) is 38.6 Å². The van der Waals surface area contributed by atoms with E-state index in [1.54, 1.807) is 0 Å². The summed E-state index contributed by atoms with van der Waals surface area (Å²) in [5.74, 6) is 1.03. The van der Waals surface area contributed by atoms with Crippen LogP contribution in [-0.2, 0) is 9.53 Å². The van der Waals surface area contributed by atoms with Crippen LogP contribution in [0.2, 0.25) is 0 Å². The molecular weight excluding hydrogens is 240 g/mol. The highest BCUT2D eigenvalue weighted by atomic mass is 35.5. The minimum atomic E-state index is 0.0876. The molecule has 0 spiro atoms. The topological polar surface area (TPSA) is 32.8 Å². The Morgan fingerprint density at radius 2 is 2.06 bits per heavy atom. The molecule has 4 nitrogen and oxygen atoms in total. The first-order valence-electron chi connectivity index (χ1n) is 6.39. The largest absolute Gasteiger partial charge is 0.378 e. The fourth-order valence-electron chi connectivity index (χ4n) is 2.56. The van der Waals surface area contributed by atoms with Crippen LogP contribution >= 0.6 is 11.6 Å². The summed E-state index contributed by atoms with van der Waals surface area (Å²) in [6.45, 7) is 7.12. The van der Waals surface area contributed by atoms with Crippen LogP contribution in [0.1, 0.15) is 13.3 Å². The summed E-state index contributed by atoms with van der Waals surface area (Å²) in [4.78, 5) is 16.5. The summed E-state index contributed by atoms with van der Waals surface area (Å²) in [5, 5.41) is 0. The molecule has 2 fully saturated rings. The van der Waals surface area contributed by atoms with Crippen molar-refractivity contribution < 1.29 is 9.53 Å². The van der Waals surface area contributed by atoms with E-state index in [1.807, 2.05) is 11.8 Å². The Kier molecular flexibility index (Phi) is 4.65. The van der Waals surface area contributed by atoms with Crippen molar-refractivity contribution >= 4 is 17.5 Å². The zero-order chi connectivity index (χ0) is 12.3. The van der Waals surface area contributed by atoms with E-state index in [-0.39, 0.29) is 17.9 Å². The number of rotatable bonds is 3. The van der Waals surface area contributed by atoms with Gasteiger partial charge >= 0.3 is 0 Å². The van der Waals surface area contributed by atoms with E-state index in [0.29, 0.717) is 12.5 Å². The molecule has 1 amide bonds. The van der Waals surface area contributed by atoms with Crippen LogP contribution in [0.3, 0.4) is 0 Å². The Morgan fingerprint density at radius 3 is 2.59 bits per heavy atom. The van der Waals surface area contributed by atoms with Gasteiger partial charge in [0.1, 0.15) is 0 Å². The van der Waals surface area contributed by atoms with Gasteiger partial charge in [-0.25, -0.2) is 0 Å². The Bertz CT molecular complexity index is 267. The van der Waals surface area contributed by atoms with E-state index in [2.05, 4.69) is 4.90 Å². The maximum Gasteiger partial charge on any atom is 0.228 e. The van der Waals surface area contributed by atoms with Crippen LogP contribution in [0.5, 0.6) is 0 Å². The molecule has 17 heavy (non-hydrogen) atoms. The fourth-order valence-corrected chi connectivity index (χ4v) is 2.80. The summed E-state index contributed by atoms with van der Waals surface area (Å²) in [6.07, 6.45) is 1.11. The Labute approximate surface area is 108 Å². The van der Waals surface area contributed by atoms with Gasteiger partial charge in [-0.15, -0.1) is 11.6 Å².